The molecule has 1 aromatic heterocycles. The average Bonchev–Trinajstić information content (AvgIpc) is 3.11. The van der Waals surface area contributed by atoms with Gasteiger partial charge in [0, 0.05) is 44.2 Å². The van der Waals surface area contributed by atoms with Crippen LogP contribution in [0.3, 0.4) is 0 Å². The smallest absolute Gasteiger partial charge is 0.253 e. The molecule has 1 aromatic carbocycles. The molecule has 0 atom stereocenters. The highest BCUT2D eigenvalue weighted by molar-refractivity contribution is 5.95. The minimum Gasteiger partial charge on any atom is -0.336 e. The van der Waals surface area contributed by atoms with E-state index < -0.39 is 0 Å². The van der Waals surface area contributed by atoms with E-state index in [4.69, 9.17) is 0 Å². The van der Waals surface area contributed by atoms with E-state index in [-0.39, 0.29) is 11.8 Å². The third kappa shape index (κ3) is 3.67. The molecule has 148 valence electrons. The zero-order valence-corrected chi connectivity index (χ0v) is 16.6. The quantitative estimate of drug-likeness (QED) is 0.812. The van der Waals surface area contributed by atoms with E-state index in [0.717, 1.165) is 49.8 Å². The number of amides is 2. The van der Waals surface area contributed by atoms with Crippen molar-refractivity contribution in [3.8, 4) is 0 Å². The van der Waals surface area contributed by atoms with Gasteiger partial charge < -0.3 is 9.80 Å². The third-order valence-corrected chi connectivity index (χ3v) is 5.64. The van der Waals surface area contributed by atoms with Gasteiger partial charge in [0.1, 0.15) is 5.82 Å². The van der Waals surface area contributed by atoms with Crippen LogP contribution in [0.2, 0.25) is 0 Å². The highest BCUT2D eigenvalue weighted by Crippen LogP contribution is 2.24. The normalized spacial score (nSPS) is 17.7. The Balaban J connectivity index is 1.44. The van der Waals surface area contributed by atoms with Gasteiger partial charge in [-0.05, 0) is 31.2 Å². The zero-order valence-electron chi connectivity index (χ0n) is 16.6. The SMILES string of the molecule is CCN1CCN(C(=O)c2ccc(CN3C(=O)CCn4nc(C)cc43)cc2)CC1. The number of nitrogens with zero attached hydrogens (tertiary/aromatic N) is 5. The van der Waals surface area contributed by atoms with Crippen molar-refractivity contribution in [2.45, 2.75) is 33.4 Å². The first-order valence-corrected chi connectivity index (χ1v) is 10.0. The maximum atomic E-state index is 12.7. The molecule has 3 heterocycles. The van der Waals surface area contributed by atoms with Gasteiger partial charge in [0.05, 0.1) is 18.8 Å². The number of piperazine rings is 1. The summed E-state index contributed by atoms with van der Waals surface area (Å²) in [6.07, 6.45) is 0.467. The number of fused-ring (bicyclic) bond motifs is 1. The summed E-state index contributed by atoms with van der Waals surface area (Å²) < 4.78 is 1.89. The average molecular weight is 381 g/mol. The Morgan fingerprint density at radius 2 is 1.79 bits per heavy atom. The Bertz CT molecular complexity index is 865. The minimum atomic E-state index is 0.0880. The first-order valence-electron chi connectivity index (χ1n) is 10.0. The lowest BCUT2D eigenvalue weighted by atomic mass is 10.1. The zero-order chi connectivity index (χ0) is 19.7. The molecule has 0 unspecified atom stereocenters. The molecule has 0 N–H and O–H groups in total. The van der Waals surface area contributed by atoms with Crippen molar-refractivity contribution in [2.24, 2.45) is 0 Å². The number of anilines is 1. The molecule has 0 spiro atoms. The summed E-state index contributed by atoms with van der Waals surface area (Å²) in [5.74, 6) is 1.05. The number of rotatable bonds is 4. The lowest BCUT2D eigenvalue weighted by Crippen LogP contribution is -2.48. The third-order valence-electron chi connectivity index (χ3n) is 5.64. The van der Waals surface area contributed by atoms with Crippen molar-refractivity contribution in [3.63, 3.8) is 0 Å². The molecule has 0 aliphatic carbocycles. The van der Waals surface area contributed by atoms with Gasteiger partial charge in [0.2, 0.25) is 5.91 Å². The standard InChI is InChI=1S/C21H27N5O2/c1-3-23-10-12-24(13-11-23)21(28)18-6-4-17(5-7-18)15-25-19-14-16(2)22-26(19)9-8-20(25)27/h4-7,14H,3,8-13,15H2,1-2H3. The molecule has 0 bridgehead atoms. The highest BCUT2D eigenvalue weighted by atomic mass is 16.2. The lowest BCUT2D eigenvalue weighted by molar-refractivity contribution is -0.119. The fraction of sp³-hybridized carbons (Fsp3) is 0.476. The van der Waals surface area contributed by atoms with E-state index >= 15 is 0 Å². The van der Waals surface area contributed by atoms with Gasteiger partial charge in [-0.25, -0.2) is 4.68 Å². The predicted octanol–water partition coefficient (Wildman–Crippen LogP) is 1.91. The second-order valence-corrected chi connectivity index (χ2v) is 7.52. The number of carbonyl (C=O) groups excluding carboxylic acids is 2. The minimum absolute atomic E-state index is 0.0880. The molecule has 1 fully saturated rings. The first-order chi connectivity index (χ1) is 13.5. The Morgan fingerprint density at radius 3 is 2.46 bits per heavy atom. The Morgan fingerprint density at radius 1 is 1.07 bits per heavy atom. The molecule has 0 saturated carbocycles. The number of hydrogen-bond donors (Lipinski definition) is 0. The van der Waals surface area contributed by atoms with E-state index in [1.807, 2.05) is 46.8 Å². The molecule has 4 rings (SSSR count). The molecular formula is C21H27N5O2. The molecule has 2 aromatic rings. The van der Waals surface area contributed by atoms with E-state index in [0.29, 0.717) is 25.1 Å². The Hall–Kier alpha value is -2.67. The van der Waals surface area contributed by atoms with Crippen LogP contribution in [0, 0.1) is 6.92 Å². The highest BCUT2D eigenvalue weighted by Gasteiger charge is 2.26. The van der Waals surface area contributed by atoms with Gasteiger partial charge in [0.15, 0.2) is 0 Å². The van der Waals surface area contributed by atoms with E-state index in [1.165, 1.54) is 0 Å². The summed E-state index contributed by atoms with van der Waals surface area (Å²) in [6, 6.07) is 9.60. The monoisotopic (exact) mass is 381 g/mol. The van der Waals surface area contributed by atoms with Crippen LogP contribution >= 0.6 is 0 Å². The number of hydrogen-bond acceptors (Lipinski definition) is 4. The molecule has 7 heteroatoms. The molecule has 1 saturated heterocycles. The summed E-state index contributed by atoms with van der Waals surface area (Å²) in [6.45, 7) is 9.68. The summed E-state index contributed by atoms with van der Waals surface area (Å²) in [4.78, 5) is 31.2. The van der Waals surface area contributed by atoms with Crippen molar-refractivity contribution < 1.29 is 9.59 Å². The molecule has 2 aliphatic heterocycles. The van der Waals surface area contributed by atoms with Crippen molar-refractivity contribution in [1.29, 1.82) is 0 Å². The molecule has 2 amide bonds. The van der Waals surface area contributed by atoms with Crippen LogP contribution in [0.25, 0.3) is 0 Å². The lowest BCUT2D eigenvalue weighted by Gasteiger charge is -2.34. The number of carbonyl (C=O) groups is 2. The Kier molecular flexibility index (Phi) is 5.17. The van der Waals surface area contributed by atoms with Gasteiger partial charge in [-0.1, -0.05) is 19.1 Å². The topological polar surface area (TPSA) is 61.7 Å². The Labute approximate surface area is 165 Å². The second kappa shape index (κ2) is 7.75. The van der Waals surface area contributed by atoms with Crippen molar-refractivity contribution in [1.82, 2.24) is 19.6 Å². The molecule has 7 nitrogen and oxygen atoms in total. The van der Waals surface area contributed by atoms with Crippen molar-refractivity contribution in [3.05, 3.63) is 47.2 Å². The van der Waals surface area contributed by atoms with Crippen LogP contribution in [-0.4, -0.2) is 64.1 Å². The van der Waals surface area contributed by atoms with Crippen LogP contribution in [-0.2, 0) is 17.9 Å². The fourth-order valence-electron chi connectivity index (χ4n) is 3.93. The summed E-state index contributed by atoms with van der Waals surface area (Å²) >= 11 is 0. The van der Waals surface area contributed by atoms with Crippen molar-refractivity contribution in [2.75, 3.05) is 37.6 Å². The van der Waals surface area contributed by atoms with Crippen molar-refractivity contribution >= 4 is 17.6 Å². The summed E-state index contributed by atoms with van der Waals surface area (Å²) in [7, 11) is 0. The van der Waals surface area contributed by atoms with Gasteiger partial charge in [-0.2, -0.15) is 5.10 Å². The molecule has 2 aliphatic rings. The van der Waals surface area contributed by atoms with Gasteiger partial charge >= 0.3 is 0 Å². The maximum absolute atomic E-state index is 12.7. The molecular weight excluding hydrogens is 354 g/mol. The van der Waals surface area contributed by atoms with Crippen LogP contribution in [0.1, 0.15) is 35.0 Å². The first kappa shape index (κ1) is 18.7. The van der Waals surface area contributed by atoms with Crippen LogP contribution < -0.4 is 4.90 Å². The van der Waals surface area contributed by atoms with Gasteiger partial charge in [-0.15, -0.1) is 0 Å². The fourth-order valence-corrected chi connectivity index (χ4v) is 3.93. The predicted molar refractivity (Wildman–Crippen MR) is 107 cm³/mol. The number of aromatic nitrogens is 2. The number of aryl methyl sites for hydroxylation is 2. The largest absolute Gasteiger partial charge is 0.336 e. The van der Waals surface area contributed by atoms with Crippen LogP contribution in [0.5, 0.6) is 0 Å². The van der Waals surface area contributed by atoms with E-state index in [2.05, 4.69) is 16.9 Å². The molecule has 28 heavy (non-hydrogen) atoms. The van der Waals surface area contributed by atoms with Gasteiger partial charge in [-0.3, -0.25) is 14.5 Å². The van der Waals surface area contributed by atoms with Gasteiger partial charge in [0.25, 0.3) is 5.91 Å². The molecule has 0 radical (unpaired) electrons. The maximum Gasteiger partial charge on any atom is 0.253 e. The van der Waals surface area contributed by atoms with E-state index in [1.54, 1.807) is 4.90 Å². The van der Waals surface area contributed by atoms with Crippen LogP contribution in [0.15, 0.2) is 30.3 Å². The summed E-state index contributed by atoms with van der Waals surface area (Å²) in [5.41, 5.74) is 2.63. The van der Waals surface area contributed by atoms with Crippen LogP contribution in [0.4, 0.5) is 5.82 Å². The number of benzene rings is 1. The van der Waals surface area contributed by atoms with E-state index in [9.17, 15) is 9.59 Å². The number of likely N-dealkylation sites (N-methyl/N-ethyl adjacent to an activating group) is 1. The summed E-state index contributed by atoms with van der Waals surface area (Å²) in [5, 5.41) is 4.45. The second-order valence-electron chi connectivity index (χ2n) is 7.52.